The summed E-state index contributed by atoms with van der Waals surface area (Å²) in [5.41, 5.74) is 1.23. The van der Waals surface area contributed by atoms with Gasteiger partial charge in [-0.25, -0.2) is 0 Å². The van der Waals surface area contributed by atoms with Crippen molar-refractivity contribution < 1.29 is 9.53 Å². The van der Waals surface area contributed by atoms with Gasteiger partial charge in [-0.1, -0.05) is 12.1 Å². The first-order chi connectivity index (χ1) is 9.70. The summed E-state index contributed by atoms with van der Waals surface area (Å²) in [6.45, 7) is 4.85. The number of benzene rings is 1. The molecule has 20 heavy (non-hydrogen) atoms. The largest absolute Gasteiger partial charge is 0.488 e. The highest BCUT2D eigenvalue weighted by Gasteiger charge is 2.34. The van der Waals surface area contributed by atoms with Gasteiger partial charge in [0.15, 0.2) is 0 Å². The van der Waals surface area contributed by atoms with E-state index in [-0.39, 0.29) is 5.91 Å². The van der Waals surface area contributed by atoms with Gasteiger partial charge in [-0.05, 0) is 37.5 Å². The van der Waals surface area contributed by atoms with E-state index in [1.807, 2.05) is 12.1 Å². The molecular formula is C16H22N2O2. The van der Waals surface area contributed by atoms with Gasteiger partial charge in [0.2, 0.25) is 5.91 Å². The Morgan fingerprint density at radius 3 is 2.95 bits per heavy atom. The molecule has 1 aromatic rings. The monoisotopic (exact) mass is 274 g/mol. The molecule has 0 saturated carbocycles. The summed E-state index contributed by atoms with van der Waals surface area (Å²) in [4.78, 5) is 13.8. The Balaban J connectivity index is 1.47. The Morgan fingerprint density at radius 1 is 1.30 bits per heavy atom. The third-order valence-electron chi connectivity index (χ3n) is 4.19. The predicted octanol–water partition coefficient (Wildman–Crippen LogP) is 1.73. The number of rotatable bonds is 3. The zero-order valence-electron chi connectivity index (χ0n) is 12.0. The van der Waals surface area contributed by atoms with Crippen LogP contribution in [0.4, 0.5) is 0 Å². The molecule has 2 aliphatic rings. The molecule has 2 fully saturated rings. The molecule has 2 saturated heterocycles. The van der Waals surface area contributed by atoms with Crippen LogP contribution >= 0.6 is 0 Å². The molecule has 3 rings (SSSR count). The highest BCUT2D eigenvalue weighted by Crippen LogP contribution is 2.24. The molecule has 1 amide bonds. The molecule has 0 radical (unpaired) electrons. The smallest absolute Gasteiger partial charge is 0.220 e. The number of carbonyl (C=O) groups excluding carboxylic acids is 1. The first kappa shape index (κ1) is 13.4. The fraction of sp³-hybridized carbons (Fsp3) is 0.562. The van der Waals surface area contributed by atoms with Crippen LogP contribution in [-0.4, -0.2) is 42.6 Å². The minimum absolute atomic E-state index is 0.195. The number of amides is 1. The molecule has 0 aliphatic carbocycles. The summed E-state index contributed by atoms with van der Waals surface area (Å²) >= 11 is 0. The van der Waals surface area contributed by atoms with Gasteiger partial charge >= 0.3 is 0 Å². The van der Waals surface area contributed by atoms with Gasteiger partial charge in [0.1, 0.15) is 11.9 Å². The van der Waals surface area contributed by atoms with Gasteiger partial charge in [-0.15, -0.1) is 0 Å². The number of aryl methyl sites for hydroxylation is 1. The van der Waals surface area contributed by atoms with Crippen LogP contribution in [0.25, 0.3) is 0 Å². The van der Waals surface area contributed by atoms with Crippen molar-refractivity contribution in [2.75, 3.05) is 19.6 Å². The summed E-state index contributed by atoms with van der Waals surface area (Å²) in [5.74, 6) is 1.16. The van der Waals surface area contributed by atoms with Crippen molar-refractivity contribution in [3.8, 4) is 5.75 Å². The van der Waals surface area contributed by atoms with E-state index in [4.69, 9.17) is 4.74 Å². The van der Waals surface area contributed by atoms with Crippen LogP contribution in [0.5, 0.6) is 5.75 Å². The van der Waals surface area contributed by atoms with Gasteiger partial charge < -0.3 is 10.1 Å². The fourth-order valence-corrected chi connectivity index (χ4v) is 3.00. The van der Waals surface area contributed by atoms with Crippen LogP contribution in [0.15, 0.2) is 24.3 Å². The molecule has 1 aromatic carbocycles. The average Bonchev–Trinajstić information content (AvgIpc) is 2.58. The lowest BCUT2D eigenvalue weighted by molar-refractivity contribution is -0.120. The van der Waals surface area contributed by atoms with Crippen molar-refractivity contribution in [3.63, 3.8) is 0 Å². The average molecular weight is 274 g/mol. The third-order valence-corrected chi connectivity index (χ3v) is 4.19. The number of hydrogen-bond donors (Lipinski definition) is 1. The minimum Gasteiger partial charge on any atom is -0.488 e. The Hall–Kier alpha value is -1.55. The number of nitrogens with zero attached hydrogens (tertiary/aromatic N) is 1. The van der Waals surface area contributed by atoms with E-state index in [1.54, 1.807) is 0 Å². The van der Waals surface area contributed by atoms with Crippen molar-refractivity contribution in [3.05, 3.63) is 29.8 Å². The summed E-state index contributed by atoms with van der Waals surface area (Å²) in [6, 6.07) is 8.74. The standard InChI is InChI=1S/C16H22N2O2/c1-12-3-2-4-14(9-12)20-15-10-18(11-15)13-5-6-16(19)17-8-7-13/h2-4,9,13,15H,5-8,10-11H2,1H3,(H,17,19)/t13-/m1/s1. The second-order valence-corrected chi connectivity index (χ2v) is 5.84. The van der Waals surface area contributed by atoms with Gasteiger partial charge in [0, 0.05) is 32.1 Å². The Morgan fingerprint density at radius 2 is 2.15 bits per heavy atom. The molecule has 0 unspecified atom stereocenters. The summed E-state index contributed by atoms with van der Waals surface area (Å²) < 4.78 is 5.98. The lowest BCUT2D eigenvalue weighted by Crippen LogP contribution is -2.57. The van der Waals surface area contributed by atoms with Crippen molar-refractivity contribution in [2.24, 2.45) is 0 Å². The lowest BCUT2D eigenvalue weighted by atomic mass is 10.0. The maximum absolute atomic E-state index is 11.3. The first-order valence-corrected chi connectivity index (χ1v) is 7.45. The van der Waals surface area contributed by atoms with Crippen molar-refractivity contribution in [1.29, 1.82) is 0 Å². The molecule has 4 heteroatoms. The number of nitrogens with one attached hydrogen (secondary N) is 1. The molecule has 2 aliphatic heterocycles. The lowest BCUT2D eigenvalue weighted by Gasteiger charge is -2.43. The highest BCUT2D eigenvalue weighted by molar-refractivity contribution is 5.76. The van der Waals surface area contributed by atoms with Crippen LogP contribution in [0.3, 0.4) is 0 Å². The summed E-state index contributed by atoms with van der Waals surface area (Å²) in [6.07, 6.45) is 2.99. The highest BCUT2D eigenvalue weighted by atomic mass is 16.5. The van der Waals surface area contributed by atoms with E-state index in [0.29, 0.717) is 18.6 Å². The minimum atomic E-state index is 0.195. The number of likely N-dealkylation sites (tertiary alicyclic amines) is 1. The summed E-state index contributed by atoms with van der Waals surface area (Å²) in [7, 11) is 0. The van der Waals surface area contributed by atoms with Crippen molar-refractivity contribution in [1.82, 2.24) is 10.2 Å². The quantitative estimate of drug-likeness (QED) is 0.912. The van der Waals surface area contributed by atoms with Crippen LogP contribution in [0, 0.1) is 6.92 Å². The van der Waals surface area contributed by atoms with E-state index in [1.165, 1.54) is 5.56 Å². The van der Waals surface area contributed by atoms with E-state index in [2.05, 4.69) is 29.3 Å². The molecule has 0 aromatic heterocycles. The first-order valence-electron chi connectivity index (χ1n) is 7.45. The molecule has 4 nitrogen and oxygen atoms in total. The normalized spacial score (nSPS) is 24.6. The third kappa shape index (κ3) is 3.12. The molecular weight excluding hydrogens is 252 g/mol. The summed E-state index contributed by atoms with van der Waals surface area (Å²) in [5, 5.41) is 2.94. The Bertz CT molecular complexity index is 483. The number of hydrogen-bond acceptors (Lipinski definition) is 3. The van der Waals surface area contributed by atoms with Gasteiger partial charge in [-0.3, -0.25) is 9.69 Å². The van der Waals surface area contributed by atoms with E-state index >= 15 is 0 Å². The van der Waals surface area contributed by atoms with Gasteiger partial charge in [0.25, 0.3) is 0 Å². The Labute approximate surface area is 120 Å². The maximum Gasteiger partial charge on any atom is 0.220 e. The van der Waals surface area contributed by atoms with Crippen molar-refractivity contribution >= 4 is 5.91 Å². The zero-order valence-corrected chi connectivity index (χ0v) is 12.0. The SMILES string of the molecule is Cc1cccc(OC2CN([C@H]3CCNC(=O)CC3)C2)c1. The maximum atomic E-state index is 11.3. The van der Waals surface area contributed by atoms with Crippen LogP contribution < -0.4 is 10.1 Å². The number of carbonyl (C=O) groups is 1. The van der Waals surface area contributed by atoms with E-state index in [9.17, 15) is 4.79 Å². The Kier molecular flexibility index (Phi) is 3.92. The van der Waals surface area contributed by atoms with Crippen LogP contribution in [0.2, 0.25) is 0 Å². The van der Waals surface area contributed by atoms with Crippen LogP contribution in [-0.2, 0) is 4.79 Å². The van der Waals surface area contributed by atoms with Crippen molar-refractivity contribution in [2.45, 2.75) is 38.3 Å². The number of ether oxygens (including phenoxy) is 1. The molecule has 2 heterocycles. The van der Waals surface area contributed by atoms with Crippen LogP contribution in [0.1, 0.15) is 24.8 Å². The topological polar surface area (TPSA) is 41.6 Å². The molecule has 0 spiro atoms. The van der Waals surface area contributed by atoms with Gasteiger partial charge in [-0.2, -0.15) is 0 Å². The molecule has 108 valence electrons. The van der Waals surface area contributed by atoms with E-state index < -0.39 is 0 Å². The fourth-order valence-electron chi connectivity index (χ4n) is 3.00. The van der Waals surface area contributed by atoms with Gasteiger partial charge in [0.05, 0.1) is 0 Å². The second-order valence-electron chi connectivity index (χ2n) is 5.84. The van der Waals surface area contributed by atoms with E-state index in [0.717, 1.165) is 38.2 Å². The second kappa shape index (κ2) is 5.83. The molecule has 0 bridgehead atoms. The zero-order chi connectivity index (χ0) is 13.9. The molecule has 1 N–H and O–H groups in total. The predicted molar refractivity (Wildman–Crippen MR) is 77.8 cm³/mol. The molecule has 1 atom stereocenters.